The summed E-state index contributed by atoms with van der Waals surface area (Å²) in [7, 11) is 0. The minimum atomic E-state index is -1.25. The van der Waals surface area contributed by atoms with Gasteiger partial charge in [-0.15, -0.1) is 0 Å². The number of aromatic amines is 2. The molecule has 226 valence electrons. The lowest BCUT2D eigenvalue weighted by Gasteiger charge is -2.25. The average Bonchev–Trinajstić information content (AvgIpc) is 3.64. The maximum absolute atomic E-state index is 13.7. The van der Waals surface area contributed by atoms with E-state index >= 15 is 0 Å². The summed E-state index contributed by atoms with van der Waals surface area (Å²) >= 11 is 0. The highest BCUT2D eigenvalue weighted by atomic mass is 16.4. The molecule has 0 radical (unpaired) electrons. The second-order valence-electron chi connectivity index (χ2n) is 10.6. The first kappa shape index (κ1) is 30.1. The van der Waals surface area contributed by atoms with Crippen LogP contribution in [-0.4, -0.2) is 63.4 Å². The number of hydrogen-bond acceptors (Lipinski definition) is 5. The molecule has 0 aliphatic rings. The summed E-state index contributed by atoms with van der Waals surface area (Å²) in [6.45, 7) is -0.320. The highest BCUT2D eigenvalue weighted by Crippen LogP contribution is 2.21. The standard InChI is InChI=1S/C33H34N6O5/c34-17-30(40)37-28(15-21-18-35-25-12-6-4-10-23(21)25)32(42)38-27(14-20-8-2-1-3-9-20)31(41)39-29(33(43)44)16-22-19-36-26-13-7-5-11-24(22)26/h1-13,18-19,27-29,35-36H,14-17,34H2,(H,37,40)(H,38,42)(H,39,41)(H,43,44). The van der Waals surface area contributed by atoms with E-state index in [0.29, 0.717) is 0 Å². The van der Waals surface area contributed by atoms with Crippen LogP contribution < -0.4 is 21.7 Å². The number of rotatable bonds is 13. The van der Waals surface area contributed by atoms with Gasteiger partial charge in [0, 0.05) is 53.5 Å². The molecule has 44 heavy (non-hydrogen) atoms. The molecule has 5 rings (SSSR count). The molecular weight excluding hydrogens is 560 g/mol. The SMILES string of the molecule is NCC(=O)NC(Cc1c[nH]c2ccccc12)C(=O)NC(Cc1ccccc1)C(=O)NC(Cc1c[nH]c2ccccc12)C(=O)O. The predicted molar refractivity (Wildman–Crippen MR) is 167 cm³/mol. The maximum Gasteiger partial charge on any atom is 0.326 e. The van der Waals surface area contributed by atoms with Gasteiger partial charge < -0.3 is 36.8 Å². The van der Waals surface area contributed by atoms with Crippen LogP contribution in [0.4, 0.5) is 0 Å². The molecule has 3 unspecified atom stereocenters. The van der Waals surface area contributed by atoms with Crippen molar-refractivity contribution < 1.29 is 24.3 Å². The van der Waals surface area contributed by atoms with Crippen LogP contribution in [0.1, 0.15) is 16.7 Å². The number of fused-ring (bicyclic) bond motifs is 2. The molecule has 8 N–H and O–H groups in total. The minimum Gasteiger partial charge on any atom is -0.480 e. The lowest BCUT2D eigenvalue weighted by atomic mass is 10.0. The Bertz CT molecular complexity index is 1780. The zero-order chi connectivity index (χ0) is 31.1. The van der Waals surface area contributed by atoms with E-state index in [1.807, 2.05) is 78.9 Å². The smallest absolute Gasteiger partial charge is 0.326 e. The number of H-pyrrole nitrogens is 2. The van der Waals surface area contributed by atoms with E-state index in [-0.39, 0.29) is 25.8 Å². The Labute approximate surface area is 253 Å². The molecule has 11 nitrogen and oxygen atoms in total. The first-order chi connectivity index (χ1) is 21.3. The van der Waals surface area contributed by atoms with Gasteiger partial charge in [-0.3, -0.25) is 14.4 Å². The number of aliphatic carboxylic acids is 1. The van der Waals surface area contributed by atoms with Gasteiger partial charge in [-0.05, 0) is 28.8 Å². The predicted octanol–water partition coefficient (Wildman–Crippen LogP) is 2.17. The summed E-state index contributed by atoms with van der Waals surface area (Å²) in [5.41, 5.74) is 9.56. The molecular formula is C33H34N6O5. The van der Waals surface area contributed by atoms with Gasteiger partial charge in [0.15, 0.2) is 0 Å². The molecule has 3 amide bonds. The van der Waals surface area contributed by atoms with Crippen molar-refractivity contribution in [3.8, 4) is 0 Å². The Hall–Kier alpha value is -5.42. The van der Waals surface area contributed by atoms with Gasteiger partial charge >= 0.3 is 5.97 Å². The Morgan fingerprint density at radius 3 is 1.66 bits per heavy atom. The molecule has 11 heteroatoms. The summed E-state index contributed by atoms with van der Waals surface area (Å²) in [4.78, 5) is 58.3. The largest absolute Gasteiger partial charge is 0.480 e. The second kappa shape index (κ2) is 13.7. The number of hydrogen-bond donors (Lipinski definition) is 7. The molecule has 0 spiro atoms. The van der Waals surface area contributed by atoms with Crippen molar-refractivity contribution in [3.63, 3.8) is 0 Å². The molecule has 0 aliphatic carbocycles. The van der Waals surface area contributed by atoms with Gasteiger partial charge in [0.05, 0.1) is 6.54 Å². The van der Waals surface area contributed by atoms with Crippen molar-refractivity contribution >= 4 is 45.5 Å². The summed E-state index contributed by atoms with van der Waals surface area (Å²) in [6.07, 6.45) is 3.77. The maximum atomic E-state index is 13.7. The van der Waals surface area contributed by atoms with Crippen LogP contribution in [0.15, 0.2) is 91.3 Å². The van der Waals surface area contributed by atoms with Crippen LogP contribution in [0.3, 0.4) is 0 Å². The monoisotopic (exact) mass is 594 g/mol. The lowest BCUT2D eigenvalue weighted by molar-refractivity contribution is -0.142. The molecule has 0 aliphatic heterocycles. The first-order valence-electron chi connectivity index (χ1n) is 14.3. The normalized spacial score (nSPS) is 13.2. The van der Waals surface area contributed by atoms with Crippen LogP contribution in [0.25, 0.3) is 21.8 Å². The van der Waals surface area contributed by atoms with Crippen molar-refractivity contribution in [2.75, 3.05) is 6.54 Å². The fourth-order valence-corrected chi connectivity index (χ4v) is 5.31. The van der Waals surface area contributed by atoms with Gasteiger partial charge in [0.25, 0.3) is 0 Å². The van der Waals surface area contributed by atoms with Gasteiger partial charge in [-0.1, -0.05) is 66.7 Å². The van der Waals surface area contributed by atoms with E-state index in [4.69, 9.17) is 5.73 Å². The van der Waals surface area contributed by atoms with Crippen molar-refractivity contribution in [1.82, 2.24) is 25.9 Å². The number of aromatic nitrogens is 2. The number of carbonyl (C=O) groups is 4. The number of benzene rings is 3. The van der Waals surface area contributed by atoms with E-state index in [1.54, 1.807) is 12.4 Å². The van der Waals surface area contributed by atoms with Crippen molar-refractivity contribution in [2.24, 2.45) is 5.73 Å². The summed E-state index contributed by atoms with van der Waals surface area (Å²) < 4.78 is 0. The van der Waals surface area contributed by atoms with Crippen molar-refractivity contribution in [3.05, 3.63) is 108 Å². The quantitative estimate of drug-likeness (QED) is 0.110. The number of carboxylic acids is 1. The summed E-state index contributed by atoms with van der Waals surface area (Å²) in [6, 6.07) is 20.7. The molecule has 2 heterocycles. The molecule has 3 atom stereocenters. The van der Waals surface area contributed by atoms with Crippen LogP contribution in [0, 0.1) is 0 Å². The van der Waals surface area contributed by atoms with E-state index in [9.17, 15) is 24.3 Å². The Morgan fingerprint density at radius 1 is 0.636 bits per heavy atom. The van der Waals surface area contributed by atoms with E-state index < -0.39 is 41.8 Å². The number of carbonyl (C=O) groups excluding carboxylic acids is 3. The molecule has 3 aromatic carbocycles. The molecule has 2 aromatic heterocycles. The van der Waals surface area contributed by atoms with Gasteiger partial charge in [-0.2, -0.15) is 0 Å². The van der Waals surface area contributed by atoms with Gasteiger partial charge in [-0.25, -0.2) is 4.79 Å². The number of para-hydroxylation sites is 2. The topological polar surface area (TPSA) is 182 Å². The van der Waals surface area contributed by atoms with Crippen molar-refractivity contribution in [2.45, 2.75) is 37.4 Å². The summed E-state index contributed by atoms with van der Waals surface area (Å²) in [5, 5.41) is 19.8. The number of nitrogens with two attached hydrogens (primary N) is 1. The highest BCUT2D eigenvalue weighted by Gasteiger charge is 2.30. The molecule has 5 aromatic rings. The number of amides is 3. The van der Waals surface area contributed by atoms with E-state index in [1.165, 1.54) is 0 Å². The third-order valence-electron chi connectivity index (χ3n) is 7.57. The van der Waals surface area contributed by atoms with Crippen LogP contribution in [-0.2, 0) is 38.4 Å². The third kappa shape index (κ3) is 7.13. The second-order valence-corrected chi connectivity index (χ2v) is 10.6. The zero-order valence-electron chi connectivity index (χ0n) is 23.9. The number of nitrogens with one attached hydrogen (secondary N) is 5. The Morgan fingerprint density at radius 2 is 1.11 bits per heavy atom. The van der Waals surface area contributed by atoms with Crippen LogP contribution in [0.2, 0.25) is 0 Å². The zero-order valence-corrected chi connectivity index (χ0v) is 23.9. The van der Waals surface area contributed by atoms with E-state index in [2.05, 4.69) is 25.9 Å². The first-order valence-corrected chi connectivity index (χ1v) is 14.3. The Balaban J connectivity index is 1.37. The van der Waals surface area contributed by atoms with Crippen LogP contribution >= 0.6 is 0 Å². The molecule has 0 bridgehead atoms. The Kier molecular flexibility index (Phi) is 9.36. The highest BCUT2D eigenvalue weighted by molar-refractivity contribution is 5.95. The summed E-state index contributed by atoms with van der Waals surface area (Å²) in [5.74, 6) is -3.00. The fourth-order valence-electron chi connectivity index (χ4n) is 5.31. The number of carboxylic acid groups (broad SMARTS) is 1. The average molecular weight is 595 g/mol. The van der Waals surface area contributed by atoms with Crippen LogP contribution in [0.5, 0.6) is 0 Å². The molecule has 0 fully saturated rings. The third-order valence-corrected chi connectivity index (χ3v) is 7.57. The van der Waals surface area contributed by atoms with Gasteiger partial charge in [0.1, 0.15) is 18.1 Å². The lowest BCUT2D eigenvalue weighted by Crippen LogP contribution is -2.57. The fraction of sp³-hybridized carbons (Fsp3) is 0.212. The molecule has 0 saturated carbocycles. The van der Waals surface area contributed by atoms with Gasteiger partial charge in [0.2, 0.25) is 17.7 Å². The minimum absolute atomic E-state index is 0.0346. The van der Waals surface area contributed by atoms with E-state index in [0.717, 1.165) is 38.5 Å². The van der Waals surface area contributed by atoms with Crippen molar-refractivity contribution in [1.29, 1.82) is 0 Å². The molecule has 0 saturated heterocycles.